The molecule has 1 aliphatic carbocycles. The smallest absolute Gasteiger partial charge is 0.353 e. The lowest BCUT2D eigenvalue weighted by Crippen LogP contribution is -2.35. The number of alkyl halides is 3. The molecule has 3 rings (SSSR count). The highest BCUT2D eigenvalue weighted by atomic mass is 19.4. The van der Waals surface area contributed by atoms with E-state index in [1.54, 1.807) is 0 Å². The molecule has 2 heterocycles. The van der Waals surface area contributed by atoms with E-state index in [0.717, 1.165) is 37.9 Å². The lowest BCUT2D eigenvalue weighted by atomic mass is 9.85. The quantitative estimate of drug-likeness (QED) is 0.651. The van der Waals surface area contributed by atoms with E-state index in [4.69, 9.17) is 5.84 Å². The summed E-state index contributed by atoms with van der Waals surface area (Å²) < 4.78 is 39.0. The van der Waals surface area contributed by atoms with Crippen LogP contribution >= 0.6 is 0 Å². The molecule has 21 heavy (non-hydrogen) atoms. The van der Waals surface area contributed by atoms with Crippen molar-refractivity contribution in [3.8, 4) is 0 Å². The van der Waals surface area contributed by atoms with Crippen LogP contribution in [0.2, 0.25) is 0 Å². The third kappa shape index (κ3) is 2.79. The zero-order chi connectivity index (χ0) is 15.0. The number of hydrogen-bond donors (Lipinski definition) is 2. The van der Waals surface area contributed by atoms with Crippen LogP contribution in [0.1, 0.15) is 37.7 Å². The number of nitrogens with zero attached hydrogens (tertiary/aromatic N) is 2. The molecule has 116 valence electrons. The molecule has 1 aromatic heterocycles. The van der Waals surface area contributed by atoms with Crippen LogP contribution < -0.4 is 16.2 Å². The average Bonchev–Trinajstić information content (AvgIpc) is 2.89. The largest absolute Gasteiger partial charge is 0.416 e. The highest BCUT2D eigenvalue weighted by Crippen LogP contribution is 2.40. The topological polar surface area (TPSA) is 54.2 Å². The molecule has 2 atom stereocenters. The number of hydrogen-bond acceptors (Lipinski definition) is 4. The minimum absolute atomic E-state index is 0.0547. The normalized spacial score (nSPS) is 25.8. The van der Waals surface area contributed by atoms with Crippen molar-refractivity contribution in [1.29, 1.82) is 0 Å². The van der Waals surface area contributed by atoms with Crippen LogP contribution in [0.15, 0.2) is 12.1 Å². The second kappa shape index (κ2) is 5.36. The summed E-state index contributed by atoms with van der Waals surface area (Å²) in [6.45, 7) is 0.771. The second-order valence-electron chi connectivity index (χ2n) is 5.84. The van der Waals surface area contributed by atoms with Crippen LogP contribution in [-0.4, -0.2) is 17.6 Å². The van der Waals surface area contributed by atoms with Gasteiger partial charge in [0, 0.05) is 12.6 Å². The average molecular weight is 300 g/mol. The Morgan fingerprint density at radius 1 is 1.19 bits per heavy atom. The Bertz CT molecular complexity index is 517. The number of nitrogens with two attached hydrogens (primary N) is 1. The van der Waals surface area contributed by atoms with E-state index in [1.807, 2.05) is 4.90 Å². The maximum absolute atomic E-state index is 13.0. The highest BCUT2D eigenvalue weighted by Gasteiger charge is 2.38. The number of fused-ring (bicyclic) bond motifs is 1. The number of anilines is 2. The summed E-state index contributed by atoms with van der Waals surface area (Å²) in [7, 11) is 0. The Morgan fingerprint density at radius 2 is 1.95 bits per heavy atom. The van der Waals surface area contributed by atoms with Gasteiger partial charge >= 0.3 is 6.18 Å². The van der Waals surface area contributed by atoms with Gasteiger partial charge in [-0.05, 0) is 37.3 Å². The van der Waals surface area contributed by atoms with Crippen LogP contribution in [0.25, 0.3) is 0 Å². The van der Waals surface area contributed by atoms with E-state index in [9.17, 15) is 13.2 Å². The Kier molecular flexibility index (Phi) is 3.69. The third-order valence-corrected chi connectivity index (χ3v) is 4.59. The minimum atomic E-state index is -4.39. The van der Waals surface area contributed by atoms with Crippen molar-refractivity contribution >= 4 is 11.6 Å². The molecule has 2 fully saturated rings. The third-order valence-electron chi connectivity index (χ3n) is 4.59. The zero-order valence-corrected chi connectivity index (χ0v) is 11.7. The van der Waals surface area contributed by atoms with Gasteiger partial charge < -0.3 is 10.3 Å². The van der Waals surface area contributed by atoms with Crippen LogP contribution in [0.4, 0.5) is 24.8 Å². The van der Waals surface area contributed by atoms with Crippen molar-refractivity contribution in [1.82, 2.24) is 4.98 Å². The van der Waals surface area contributed by atoms with Gasteiger partial charge in [-0.3, -0.25) is 0 Å². The van der Waals surface area contributed by atoms with E-state index in [-0.39, 0.29) is 5.82 Å². The van der Waals surface area contributed by atoms with E-state index in [0.29, 0.717) is 17.8 Å². The SMILES string of the molecule is NNc1cc(C(F)(F)F)cc(N2CCC3CCCCC32)n1. The molecular weight excluding hydrogens is 281 g/mol. The maximum Gasteiger partial charge on any atom is 0.416 e. The van der Waals surface area contributed by atoms with Crippen LogP contribution in [-0.2, 0) is 6.18 Å². The van der Waals surface area contributed by atoms with Crippen LogP contribution in [0, 0.1) is 5.92 Å². The fourth-order valence-electron chi connectivity index (χ4n) is 3.59. The number of aromatic nitrogens is 1. The number of nitrogens with one attached hydrogen (secondary N) is 1. The Balaban J connectivity index is 1.94. The minimum Gasteiger partial charge on any atom is -0.353 e. The summed E-state index contributed by atoms with van der Waals surface area (Å²) in [6.07, 6.45) is 1.21. The van der Waals surface area contributed by atoms with E-state index < -0.39 is 11.7 Å². The fraction of sp³-hybridized carbons (Fsp3) is 0.643. The first-order chi connectivity index (χ1) is 9.99. The van der Waals surface area contributed by atoms with Crippen molar-refractivity contribution in [3.05, 3.63) is 17.7 Å². The highest BCUT2D eigenvalue weighted by molar-refractivity contribution is 5.52. The molecule has 7 heteroatoms. The Morgan fingerprint density at radius 3 is 2.67 bits per heavy atom. The van der Waals surface area contributed by atoms with Crippen molar-refractivity contribution in [2.75, 3.05) is 16.9 Å². The van der Waals surface area contributed by atoms with Gasteiger partial charge in [-0.25, -0.2) is 10.8 Å². The van der Waals surface area contributed by atoms with Crippen molar-refractivity contribution < 1.29 is 13.2 Å². The number of hydrazine groups is 1. The fourth-order valence-corrected chi connectivity index (χ4v) is 3.59. The number of pyridine rings is 1. The molecule has 1 saturated heterocycles. The summed E-state index contributed by atoms with van der Waals surface area (Å²) >= 11 is 0. The van der Waals surface area contributed by atoms with Gasteiger partial charge in [0.2, 0.25) is 0 Å². The van der Waals surface area contributed by atoms with Gasteiger partial charge in [0.25, 0.3) is 0 Å². The molecule has 0 amide bonds. The van der Waals surface area contributed by atoms with Gasteiger partial charge in [0.15, 0.2) is 0 Å². The first-order valence-corrected chi connectivity index (χ1v) is 7.31. The standard InChI is InChI=1S/C14H19F3N4/c15-14(16,17)10-7-12(20-18)19-13(8-10)21-6-5-9-3-1-2-4-11(9)21/h7-9,11H,1-6,18H2,(H,19,20). The van der Waals surface area contributed by atoms with Gasteiger partial charge in [-0.2, -0.15) is 13.2 Å². The van der Waals surface area contributed by atoms with E-state index in [1.165, 1.54) is 12.8 Å². The molecule has 1 saturated carbocycles. The lowest BCUT2D eigenvalue weighted by molar-refractivity contribution is -0.137. The molecule has 2 aliphatic rings. The summed E-state index contributed by atoms with van der Waals surface area (Å²) in [6, 6.07) is 2.40. The number of halogens is 3. The molecule has 0 radical (unpaired) electrons. The molecule has 1 aromatic rings. The molecule has 3 N–H and O–H groups in total. The van der Waals surface area contributed by atoms with Gasteiger partial charge in [-0.15, -0.1) is 0 Å². The van der Waals surface area contributed by atoms with Crippen molar-refractivity contribution in [3.63, 3.8) is 0 Å². The monoisotopic (exact) mass is 300 g/mol. The summed E-state index contributed by atoms with van der Waals surface area (Å²) in [5.41, 5.74) is 1.53. The van der Waals surface area contributed by atoms with Gasteiger partial charge in [-0.1, -0.05) is 12.8 Å². The van der Waals surface area contributed by atoms with Crippen molar-refractivity contribution in [2.24, 2.45) is 11.8 Å². The first kappa shape index (κ1) is 14.4. The predicted molar refractivity (Wildman–Crippen MR) is 74.8 cm³/mol. The zero-order valence-electron chi connectivity index (χ0n) is 11.7. The summed E-state index contributed by atoms with van der Waals surface area (Å²) in [5.74, 6) is 6.29. The molecule has 0 bridgehead atoms. The number of rotatable bonds is 2. The maximum atomic E-state index is 13.0. The summed E-state index contributed by atoms with van der Waals surface area (Å²) in [4.78, 5) is 6.26. The lowest BCUT2D eigenvalue weighted by Gasteiger charge is -2.32. The summed E-state index contributed by atoms with van der Waals surface area (Å²) in [5, 5.41) is 0. The van der Waals surface area contributed by atoms with E-state index >= 15 is 0 Å². The molecule has 0 spiro atoms. The Labute approximate surface area is 121 Å². The molecule has 2 unspecified atom stereocenters. The molecular formula is C14H19F3N4. The van der Waals surface area contributed by atoms with Crippen LogP contribution in [0.5, 0.6) is 0 Å². The second-order valence-corrected chi connectivity index (χ2v) is 5.84. The first-order valence-electron chi connectivity index (χ1n) is 7.31. The predicted octanol–water partition coefficient (Wildman–Crippen LogP) is 3.15. The molecule has 4 nitrogen and oxygen atoms in total. The molecule has 0 aromatic carbocycles. The van der Waals surface area contributed by atoms with Gasteiger partial charge in [0.1, 0.15) is 11.6 Å². The van der Waals surface area contributed by atoms with Crippen molar-refractivity contribution in [2.45, 2.75) is 44.3 Å². The Hall–Kier alpha value is -1.50. The van der Waals surface area contributed by atoms with E-state index in [2.05, 4.69) is 10.4 Å². The van der Waals surface area contributed by atoms with Gasteiger partial charge in [0.05, 0.1) is 5.56 Å². The molecule has 1 aliphatic heterocycles. The van der Waals surface area contributed by atoms with Crippen LogP contribution in [0.3, 0.4) is 0 Å². The number of nitrogen functional groups attached to an aromatic ring is 1.